The molecule has 0 aliphatic heterocycles. The van der Waals surface area contributed by atoms with Crippen molar-refractivity contribution in [3.63, 3.8) is 0 Å². The maximum absolute atomic E-state index is 5.95. The fourth-order valence-electron chi connectivity index (χ4n) is 3.38. The lowest BCUT2D eigenvalue weighted by atomic mass is 10.1. The molecular weight excluding hydrogens is 428 g/mol. The van der Waals surface area contributed by atoms with E-state index in [4.69, 9.17) is 9.40 Å². The SMILES string of the molecule is Brc1ccc(-c2nnc(Cn3c(Cc4ccccc4)nc4ccccc43)o2)cc1. The maximum atomic E-state index is 5.95. The number of rotatable bonds is 5. The molecule has 3 aromatic carbocycles. The molecule has 0 radical (unpaired) electrons. The molecular formula is C23H17BrN4O. The van der Waals surface area contributed by atoms with Crippen molar-refractivity contribution in [3.05, 3.63) is 101 Å². The molecule has 29 heavy (non-hydrogen) atoms. The van der Waals surface area contributed by atoms with E-state index >= 15 is 0 Å². The zero-order valence-electron chi connectivity index (χ0n) is 15.5. The molecule has 0 fully saturated rings. The van der Waals surface area contributed by atoms with E-state index in [0.29, 0.717) is 18.3 Å². The van der Waals surface area contributed by atoms with Crippen LogP contribution in [0.5, 0.6) is 0 Å². The molecule has 0 bridgehead atoms. The summed E-state index contributed by atoms with van der Waals surface area (Å²) in [6, 6.07) is 26.3. The number of para-hydroxylation sites is 2. The predicted molar refractivity (Wildman–Crippen MR) is 116 cm³/mol. The van der Waals surface area contributed by atoms with E-state index in [1.165, 1.54) is 5.56 Å². The predicted octanol–water partition coefficient (Wildman–Crippen LogP) is 5.49. The van der Waals surface area contributed by atoms with Crippen molar-refractivity contribution in [2.45, 2.75) is 13.0 Å². The molecule has 0 saturated heterocycles. The van der Waals surface area contributed by atoms with Crippen LogP contribution in [0.2, 0.25) is 0 Å². The number of aromatic nitrogens is 4. The molecule has 0 aliphatic carbocycles. The molecule has 0 atom stereocenters. The molecule has 0 spiro atoms. The first-order valence-electron chi connectivity index (χ1n) is 9.33. The Bertz CT molecular complexity index is 1260. The van der Waals surface area contributed by atoms with E-state index in [0.717, 1.165) is 33.3 Å². The minimum absolute atomic E-state index is 0.478. The molecule has 0 N–H and O–H groups in total. The third-order valence-electron chi connectivity index (χ3n) is 4.79. The molecule has 0 saturated carbocycles. The summed E-state index contributed by atoms with van der Waals surface area (Å²) in [6.07, 6.45) is 0.739. The first-order valence-corrected chi connectivity index (χ1v) is 10.1. The summed E-state index contributed by atoms with van der Waals surface area (Å²) < 4.78 is 9.12. The second-order valence-electron chi connectivity index (χ2n) is 6.77. The normalized spacial score (nSPS) is 11.2. The van der Waals surface area contributed by atoms with Crippen molar-refractivity contribution in [2.24, 2.45) is 0 Å². The van der Waals surface area contributed by atoms with Crippen LogP contribution in [0.1, 0.15) is 17.3 Å². The highest BCUT2D eigenvalue weighted by atomic mass is 79.9. The Kier molecular flexibility index (Phi) is 4.69. The summed E-state index contributed by atoms with van der Waals surface area (Å²) in [5, 5.41) is 8.49. The van der Waals surface area contributed by atoms with Crippen molar-refractivity contribution < 1.29 is 4.42 Å². The molecule has 5 nitrogen and oxygen atoms in total. The van der Waals surface area contributed by atoms with Crippen molar-refractivity contribution in [3.8, 4) is 11.5 Å². The summed E-state index contributed by atoms with van der Waals surface area (Å²) in [4.78, 5) is 4.85. The number of hydrogen-bond donors (Lipinski definition) is 0. The number of nitrogens with zero attached hydrogens (tertiary/aromatic N) is 4. The number of benzene rings is 3. The largest absolute Gasteiger partial charge is 0.419 e. The van der Waals surface area contributed by atoms with Gasteiger partial charge < -0.3 is 8.98 Å². The summed E-state index contributed by atoms with van der Waals surface area (Å²) >= 11 is 3.44. The van der Waals surface area contributed by atoms with Crippen LogP contribution < -0.4 is 0 Å². The summed E-state index contributed by atoms with van der Waals surface area (Å²) in [5.74, 6) is 2.04. The minimum atomic E-state index is 0.478. The number of fused-ring (bicyclic) bond motifs is 1. The van der Waals surface area contributed by atoms with Gasteiger partial charge in [-0.3, -0.25) is 0 Å². The van der Waals surface area contributed by atoms with Gasteiger partial charge in [0.2, 0.25) is 11.8 Å². The van der Waals surface area contributed by atoms with Crippen molar-refractivity contribution in [1.82, 2.24) is 19.7 Å². The highest BCUT2D eigenvalue weighted by molar-refractivity contribution is 9.10. The Balaban J connectivity index is 1.50. The lowest BCUT2D eigenvalue weighted by Gasteiger charge is -2.07. The monoisotopic (exact) mass is 444 g/mol. The highest BCUT2D eigenvalue weighted by Crippen LogP contribution is 2.23. The Labute approximate surface area is 176 Å². The van der Waals surface area contributed by atoms with Crippen LogP contribution in [0.25, 0.3) is 22.5 Å². The Morgan fingerprint density at radius 2 is 1.59 bits per heavy atom. The van der Waals surface area contributed by atoms with Crippen molar-refractivity contribution in [1.29, 1.82) is 0 Å². The number of imidazole rings is 1. The fraction of sp³-hybridized carbons (Fsp3) is 0.0870. The lowest BCUT2D eigenvalue weighted by molar-refractivity contribution is 0.487. The van der Waals surface area contributed by atoms with Crippen LogP contribution >= 0.6 is 15.9 Å². The third-order valence-corrected chi connectivity index (χ3v) is 5.32. The van der Waals surface area contributed by atoms with E-state index in [2.05, 4.69) is 48.9 Å². The van der Waals surface area contributed by atoms with Crippen LogP contribution in [-0.2, 0) is 13.0 Å². The quantitative estimate of drug-likeness (QED) is 0.359. The zero-order valence-corrected chi connectivity index (χ0v) is 17.1. The summed E-state index contributed by atoms with van der Waals surface area (Å²) in [5.41, 5.74) is 4.13. The van der Waals surface area contributed by atoms with Gasteiger partial charge >= 0.3 is 0 Å². The number of halogens is 1. The molecule has 142 valence electrons. The van der Waals surface area contributed by atoms with Gasteiger partial charge in [-0.15, -0.1) is 10.2 Å². The molecule has 0 aliphatic rings. The Morgan fingerprint density at radius 3 is 2.41 bits per heavy atom. The standard InChI is InChI=1S/C23H17BrN4O/c24-18-12-10-17(11-13-18)23-27-26-22(29-23)15-28-20-9-5-4-8-19(20)25-21(28)14-16-6-2-1-3-7-16/h1-13H,14-15H2. The molecule has 5 aromatic rings. The smallest absolute Gasteiger partial charge is 0.247 e. The summed E-state index contributed by atoms with van der Waals surface area (Å²) in [6.45, 7) is 0.478. The first-order chi connectivity index (χ1) is 14.3. The highest BCUT2D eigenvalue weighted by Gasteiger charge is 2.15. The van der Waals surface area contributed by atoms with Gasteiger partial charge in [0.05, 0.1) is 11.0 Å². The van der Waals surface area contributed by atoms with Gasteiger partial charge in [-0.2, -0.15) is 0 Å². The van der Waals surface area contributed by atoms with E-state index in [1.54, 1.807) is 0 Å². The summed E-state index contributed by atoms with van der Waals surface area (Å²) in [7, 11) is 0. The van der Waals surface area contributed by atoms with E-state index < -0.39 is 0 Å². The van der Waals surface area contributed by atoms with E-state index in [1.807, 2.05) is 60.7 Å². The van der Waals surface area contributed by atoms with Gasteiger partial charge in [0.15, 0.2) is 0 Å². The first kappa shape index (κ1) is 17.8. The molecule has 5 rings (SSSR count). The topological polar surface area (TPSA) is 56.7 Å². The Hall–Kier alpha value is -3.25. The third kappa shape index (κ3) is 3.71. The second-order valence-corrected chi connectivity index (χ2v) is 7.69. The van der Waals surface area contributed by atoms with Gasteiger partial charge in [-0.25, -0.2) is 4.98 Å². The maximum Gasteiger partial charge on any atom is 0.247 e. The van der Waals surface area contributed by atoms with Crippen LogP contribution in [0.15, 0.2) is 87.8 Å². The van der Waals surface area contributed by atoms with E-state index in [9.17, 15) is 0 Å². The van der Waals surface area contributed by atoms with Gasteiger partial charge in [0, 0.05) is 16.5 Å². The van der Waals surface area contributed by atoms with Gasteiger partial charge in [0.1, 0.15) is 12.4 Å². The van der Waals surface area contributed by atoms with Gasteiger partial charge in [-0.1, -0.05) is 58.4 Å². The van der Waals surface area contributed by atoms with Crippen LogP contribution in [0, 0.1) is 0 Å². The molecule has 0 unspecified atom stereocenters. The van der Waals surface area contributed by atoms with Crippen LogP contribution in [-0.4, -0.2) is 19.7 Å². The second kappa shape index (κ2) is 7.64. The zero-order chi connectivity index (χ0) is 19.6. The molecule has 0 amide bonds. The average molecular weight is 445 g/mol. The fourth-order valence-corrected chi connectivity index (χ4v) is 3.64. The lowest BCUT2D eigenvalue weighted by Crippen LogP contribution is -2.06. The minimum Gasteiger partial charge on any atom is -0.419 e. The Morgan fingerprint density at radius 1 is 0.828 bits per heavy atom. The van der Waals surface area contributed by atoms with Crippen LogP contribution in [0.3, 0.4) is 0 Å². The van der Waals surface area contributed by atoms with Crippen molar-refractivity contribution >= 4 is 27.0 Å². The van der Waals surface area contributed by atoms with Gasteiger partial charge in [0.25, 0.3) is 0 Å². The molecule has 2 heterocycles. The van der Waals surface area contributed by atoms with Crippen LogP contribution in [0.4, 0.5) is 0 Å². The molecule has 6 heteroatoms. The van der Waals surface area contributed by atoms with E-state index in [-0.39, 0.29) is 0 Å². The molecule has 2 aromatic heterocycles. The van der Waals surface area contributed by atoms with Crippen molar-refractivity contribution in [2.75, 3.05) is 0 Å². The number of hydrogen-bond acceptors (Lipinski definition) is 4. The average Bonchev–Trinajstić information content (AvgIpc) is 3.35. The van der Waals surface area contributed by atoms with Gasteiger partial charge in [-0.05, 0) is 42.0 Å².